The van der Waals surface area contributed by atoms with Gasteiger partial charge in [0.15, 0.2) is 0 Å². The number of hydrogen-bond acceptors (Lipinski definition) is 6. The Balaban J connectivity index is 1.14. The SMILES string of the molecule is C(=C\c1ccco1)/CN1CCOc2ccc(CN3CCC(Oc4cccnc4)CC3)cc2C1. The van der Waals surface area contributed by atoms with E-state index in [9.17, 15) is 0 Å². The highest BCUT2D eigenvalue weighted by Gasteiger charge is 2.21. The first-order valence-electron chi connectivity index (χ1n) is 11.8. The number of likely N-dealkylation sites (tertiary alicyclic amines) is 1. The number of pyridine rings is 1. The minimum absolute atomic E-state index is 0.272. The smallest absolute Gasteiger partial charge is 0.137 e. The Hall–Kier alpha value is -3.09. The van der Waals surface area contributed by atoms with Crippen molar-refractivity contribution in [2.24, 2.45) is 0 Å². The zero-order chi connectivity index (χ0) is 22.3. The highest BCUT2D eigenvalue weighted by Crippen LogP contribution is 2.26. The fourth-order valence-electron chi connectivity index (χ4n) is 4.51. The monoisotopic (exact) mass is 445 g/mol. The van der Waals surface area contributed by atoms with Crippen LogP contribution in [0.4, 0.5) is 0 Å². The van der Waals surface area contributed by atoms with Crippen molar-refractivity contribution in [3.63, 3.8) is 0 Å². The van der Waals surface area contributed by atoms with Crippen LogP contribution in [0.2, 0.25) is 0 Å². The van der Waals surface area contributed by atoms with E-state index in [-0.39, 0.29) is 6.10 Å². The summed E-state index contributed by atoms with van der Waals surface area (Å²) in [7, 11) is 0. The maximum Gasteiger partial charge on any atom is 0.137 e. The van der Waals surface area contributed by atoms with E-state index in [1.807, 2.05) is 30.3 Å². The molecule has 6 heteroatoms. The second-order valence-corrected chi connectivity index (χ2v) is 8.73. The van der Waals surface area contributed by atoms with Gasteiger partial charge in [-0.25, -0.2) is 0 Å². The van der Waals surface area contributed by atoms with Crippen LogP contribution in [-0.4, -0.2) is 53.7 Å². The van der Waals surface area contributed by atoms with Crippen LogP contribution in [0.25, 0.3) is 6.08 Å². The van der Waals surface area contributed by atoms with Gasteiger partial charge >= 0.3 is 0 Å². The van der Waals surface area contributed by atoms with Crippen molar-refractivity contribution in [3.8, 4) is 11.5 Å². The lowest BCUT2D eigenvalue weighted by Crippen LogP contribution is -2.37. The van der Waals surface area contributed by atoms with Crippen molar-refractivity contribution >= 4 is 6.08 Å². The number of aromatic nitrogens is 1. The number of furan rings is 1. The quantitative estimate of drug-likeness (QED) is 0.529. The van der Waals surface area contributed by atoms with Crippen molar-refractivity contribution in [1.82, 2.24) is 14.8 Å². The van der Waals surface area contributed by atoms with Crippen molar-refractivity contribution in [2.75, 3.05) is 32.8 Å². The van der Waals surface area contributed by atoms with E-state index in [0.717, 1.165) is 69.4 Å². The largest absolute Gasteiger partial charge is 0.492 e. The van der Waals surface area contributed by atoms with Gasteiger partial charge < -0.3 is 13.9 Å². The topological polar surface area (TPSA) is 51.0 Å². The molecule has 1 saturated heterocycles. The van der Waals surface area contributed by atoms with E-state index in [2.05, 4.69) is 39.1 Å². The van der Waals surface area contributed by atoms with Crippen LogP contribution in [-0.2, 0) is 13.1 Å². The summed E-state index contributed by atoms with van der Waals surface area (Å²) in [4.78, 5) is 9.07. The average molecular weight is 446 g/mol. The zero-order valence-electron chi connectivity index (χ0n) is 18.9. The van der Waals surface area contributed by atoms with E-state index in [4.69, 9.17) is 13.9 Å². The fourth-order valence-corrected chi connectivity index (χ4v) is 4.51. The molecule has 2 aliphatic rings. The molecule has 0 aliphatic carbocycles. The van der Waals surface area contributed by atoms with Gasteiger partial charge in [-0.1, -0.05) is 12.1 Å². The summed E-state index contributed by atoms with van der Waals surface area (Å²) in [6.45, 7) is 6.45. The van der Waals surface area contributed by atoms with Gasteiger partial charge in [-0.05, 0) is 60.9 Å². The zero-order valence-corrected chi connectivity index (χ0v) is 18.9. The number of fused-ring (bicyclic) bond motifs is 1. The number of rotatable bonds is 7. The van der Waals surface area contributed by atoms with Crippen LogP contribution in [0.3, 0.4) is 0 Å². The van der Waals surface area contributed by atoms with Gasteiger partial charge in [0.05, 0.1) is 12.5 Å². The third-order valence-electron chi connectivity index (χ3n) is 6.25. The second kappa shape index (κ2) is 10.7. The molecule has 1 aromatic carbocycles. The number of benzene rings is 1. The molecule has 0 spiro atoms. The van der Waals surface area contributed by atoms with Gasteiger partial charge in [0.1, 0.15) is 30.0 Å². The molecule has 4 heterocycles. The molecule has 3 aromatic rings. The van der Waals surface area contributed by atoms with Gasteiger partial charge in [0.25, 0.3) is 0 Å². The van der Waals surface area contributed by atoms with E-state index in [0.29, 0.717) is 6.61 Å². The van der Waals surface area contributed by atoms with E-state index >= 15 is 0 Å². The maximum atomic E-state index is 6.09. The molecule has 2 aromatic heterocycles. The van der Waals surface area contributed by atoms with E-state index < -0.39 is 0 Å². The third kappa shape index (κ3) is 6.03. The predicted molar refractivity (Wildman–Crippen MR) is 128 cm³/mol. The molecule has 0 radical (unpaired) electrons. The molecule has 0 amide bonds. The van der Waals surface area contributed by atoms with Gasteiger partial charge in [-0.2, -0.15) is 0 Å². The average Bonchev–Trinajstić information content (AvgIpc) is 3.27. The lowest BCUT2D eigenvalue weighted by atomic mass is 10.0. The highest BCUT2D eigenvalue weighted by molar-refractivity contribution is 5.42. The molecule has 1 fully saturated rings. The molecular weight excluding hydrogens is 414 g/mol. The van der Waals surface area contributed by atoms with Gasteiger partial charge in [0, 0.05) is 51.0 Å². The summed E-state index contributed by atoms with van der Waals surface area (Å²) in [5.41, 5.74) is 2.61. The fraction of sp³-hybridized carbons (Fsp3) is 0.370. The first-order valence-corrected chi connectivity index (χ1v) is 11.8. The minimum Gasteiger partial charge on any atom is -0.492 e. The van der Waals surface area contributed by atoms with E-state index in [1.165, 1.54) is 11.1 Å². The maximum absolute atomic E-state index is 6.09. The lowest BCUT2D eigenvalue weighted by molar-refractivity contribution is 0.0965. The van der Waals surface area contributed by atoms with Crippen molar-refractivity contribution in [3.05, 3.63) is 84.1 Å². The Morgan fingerprint density at radius 1 is 1.06 bits per heavy atom. The highest BCUT2D eigenvalue weighted by atomic mass is 16.5. The molecule has 6 nitrogen and oxygen atoms in total. The molecule has 0 saturated carbocycles. The standard InChI is InChI=1S/C27H31N3O3/c1-4-26(19-28-11-1)33-25-9-13-30(14-10-25)20-22-7-8-27-23(18-22)21-29(15-17-32-27)12-2-5-24-6-3-16-31-24/h1-8,11,16,18-19,25H,9-10,12-15,17,20-21H2/b5-2+. The number of piperidine rings is 1. The number of ether oxygens (including phenoxy) is 2. The number of hydrogen-bond donors (Lipinski definition) is 0. The predicted octanol–water partition coefficient (Wildman–Crippen LogP) is 4.63. The Bertz CT molecular complexity index is 1030. The molecule has 0 atom stereocenters. The summed E-state index contributed by atoms with van der Waals surface area (Å²) in [5.74, 6) is 2.77. The van der Waals surface area contributed by atoms with E-state index in [1.54, 1.807) is 18.7 Å². The lowest BCUT2D eigenvalue weighted by Gasteiger charge is -2.32. The third-order valence-corrected chi connectivity index (χ3v) is 6.25. The summed E-state index contributed by atoms with van der Waals surface area (Å²) < 4.78 is 17.5. The van der Waals surface area contributed by atoms with Gasteiger partial charge in [-0.3, -0.25) is 14.8 Å². The van der Waals surface area contributed by atoms with Crippen molar-refractivity contribution in [1.29, 1.82) is 0 Å². The molecule has 33 heavy (non-hydrogen) atoms. The molecule has 0 N–H and O–H groups in total. The first kappa shape index (κ1) is 21.7. The molecule has 0 bridgehead atoms. The Morgan fingerprint density at radius 3 is 2.82 bits per heavy atom. The molecule has 172 valence electrons. The summed E-state index contributed by atoms with van der Waals surface area (Å²) in [6, 6.07) is 14.5. The summed E-state index contributed by atoms with van der Waals surface area (Å²) in [5, 5.41) is 0. The van der Waals surface area contributed by atoms with Crippen LogP contribution in [0, 0.1) is 0 Å². The normalized spacial score (nSPS) is 18.1. The molecule has 2 aliphatic heterocycles. The Labute approximate surface area is 195 Å². The van der Waals surface area contributed by atoms with Crippen LogP contribution < -0.4 is 9.47 Å². The van der Waals surface area contributed by atoms with Crippen LogP contribution >= 0.6 is 0 Å². The second-order valence-electron chi connectivity index (χ2n) is 8.73. The Morgan fingerprint density at radius 2 is 2.00 bits per heavy atom. The number of nitrogens with zero attached hydrogens (tertiary/aromatic N) is 3. The van der Waals surface area contributed by atoms with Crippen LogP contribution in [0.15, 0.2) is 71.6 Å². The molecule has 5 rings (SSSR count). The van der Waals surface area contributed by atoms with Gasteiger partial charge in [0.2, 0.25) is 0 Å². The summed E-state index contributed by atoms with van der Waals surface area (Å²) in [6.07, 6.45) is 11.8. The minimum atomic E-state index is 0.272. The molecular formula is C27H31N3O3. The van der Waals surface area contributed by atoms with Crippen molar-refractivity contribution in [2.45, 2.75) is 32.0 Å². The van der Waals surface area contributed by atoms with Gasteiger partial charge in [-0.15, -0.1) is 0 Å². The Kier molecular flexibility index (Phi) is 7.04. The summed E-state index contributed by atoms with van der Waals surface area (Å²) >= 11 is 0. The first-order chi connectivity index (χ1) is 16.3. The van der Waals surface area contributed by atoms with Crippen LogP contribution in [0.5, 0.6) is 11.5 Å². The molecule has 0 unspecified atom stereocenters. The van der Waals surface area contributed by atoms with Crippen LogP contribution in [0.1, 0.15) is 29.7 Å². The van der Waals surface area contributed by atoms with Crippen molar-refractivity contribution < 1.29 is 13.9 Å².